The molecule has 0 unspecified atom stereocenters. The third-order valence-electron chi connectivity index (χ3n) is 4.08. The van der Waals surface area contributed by atoms with Gasteiger partial charge in [0, 0.05) is 7.05 Å². The van der Waals surface area contributed by atoms with Gasteiger partial charge in [-0.3, -0.25) is 3.96 Å². The van der Waals surface area contributed by atoms with Crippen molar-refractivity contribution in [1.29, 1.82) is 0 Å². The second kappa shape index (κ2) is 3.62. The van der Waals surface area contributed by atoms with Crippen LogP contribution < -0.4 is 5.46 Å². The maximum atomic E-state index is 6.06. The zero-order valence-corrected chi connectivity index (χ0v) is 12.3. The van der Waals surface area contributed by atoms with Gasteiger partial charge in [-0.2, -0.15) is 0 Å². The second-order valence-electron chi connectivity index (χ2n) is 5.90. The summed E-state index contributed by atoms with van der Waals surface area (Å²) >= 11 is 1.76. The Labute approximate surface area is 112 Å². The zero-order valence-electron chi connectivity index (χ0n) is 11.5. The van der Waals surface area contributed by atoms with Crippen molar-refractivity contribution in [3.63, 3.8) is 0 Å². The molecule has 0 saturated carbocycles. The molecule has 0 amide bonds. The fourth-order valence-electron chi connectivity index (χ4n) is 2.14. The molecule has 1 aliphatic heterocycles. The minimum atomic E-state index is -0.277. The van der Waals surface area contributed by atoms with Crippen molar-refractivity contribution in [2.24, 2.45) is 7.05 Å². The molecule has 0 radical (unpaired) electrons. The van der Waals surface area contributed by atoms with Crippen LogP contribution in [0.3, 0.4) is 0 Å². The summed E-state index contributed by atoms with van der Waals surface area (Å²) in [6, 6.07) is 6.40. The van der Waals surface area contributed by atoms with E-state index in [-0.39, 0.29) is 18.3 Å². The quantitative estimate of drug-likeness (QED) is 0.738. The highest BCUT2D eigenvalue weighted by Gasteiger charge is 2.51. The fourth-order valence-corrected chi connectivity index (χ4v) is 2.97. The molecule has 1 aromatic carbocycles. The summed E-state index contributed by atoms with van der Waals surface area (Å²) in [4.78, 5) is 0. The van der Waals surface area contributed by atoms with E-state index in [0.29, 0.717) is 0 Å². The summed E-state index contributed by atoms with van der Waals surface area (Å²) in [5, 5.41) is 0. The topological polar surface area (TPSA) is 23.4 Å². The third-order valence-corrected chi connectivity index (χ3v) is 5.10. The van der Waals surface area contributed by atoms with Crippen molar-refractivity contribution < 1.29 is 9.31 Å². The highest BCUT2D eigenvalue weighted by atomic mass is 32.1. The van der Waals surface area contributed by atoms with Gasteiger partial charge in [0.15, 0.2) is 0 Å². The average Bonchev–Trinajstić information content (AvgIpc) is 2.47. The predicted octanol–water partition coefficient (Wildman–Crippen LogP) is 2.54. The van der Waals surface area contributed by atoms with Crippen molar-refractivity contribution in [1.82, 2.24) is 3.96 Å². The average molecular weight is 263 g/mol. The van der Waals surface area contributed by atoms with Crippen molar-refractivity contribution in [2.45, 2.75) is 38.9 Å². The smallest absolute Gasteiger partial charge is 0.399 e. The van der Waals surface area contributed by atoms with Gasteiger partial charge in [-0.05, 0) is 45.3 Å². The molecule has 1 fully saturated rings. The fraction of sp³-hybridized carbons (Fsp3) is 0.538. The molecule has 0 aliphatic carbocycles. The molecule has 2 heterocycles. The van der Waals surface area contributed by atoms with Crippen LogP contribution in [0.1, 0.15) is 27.7 Å². The van der Waals surface area contributed by atoms with E-state index in [0.717, 1.165) is 5.46 Å². The summed E-state index contributed by atoms with van der Waals surface area (Å²) in [5.41, 5.74) is 1.80. The lowest BCUT2D eigenvalue weighted by atomic mass is 9.79. The van der Waals surface area contributed by atoms with Crippen molar-refractivity contribution >= 4 is 34.3 Å². The SMILES string of the molecule is Cn1sc2ccc(B3OC(C)(C)C(C)(C)O3)cc21. The summed E-state index contributed by atoms with van der Waals surface area (Å²) in [7, 11) is 1.81. The maximum absolute atomic E-state index is 6.06. The first kappa shape index (κ1) is 12.3. The van der Waals surface area contributed by atoms with E-state index in [9.17, 15) is 0 Å². The molecule has 0 spiro atoms. The molecule has 18 heavy (non-hydrogen) atoms. The molecule has 0 atom stereocenters. The van der Waals surface area contributed by atoms with E-state index in [1.807, 2.05) is 0 Å². The van der Waals surface area contributed by atoms with Gasteiger partial charge in [-0.25, -0.2) is 0 Å². The third kappa shape index (κ3) is 1.65. The Morgan fingerprint density at radius 3 is 2.28 bits per heavy atom. The molecular formula is C13H18BNO2S. The highest BCUT2D eigenvalue weighted by Crippen LogP contribution is 2.36. The number of rotatable bonds is 1. The number of aromatic nitrogens is 1. The summed E-state index contributed by atoms with van der Waals surface area (Å²) in [5.74, 6) is 0. The Bertz CT molecular complexity index is 583. The maximum Gasteiger partial charge on any atom is 0.494 e. The molecule has 1 saturated heterocycles. The van der Waals surface area contributed by atoms with Crippen LogP contribution in [-0.2, 0) is 16.4 Å². The van der Waals surface area contributed by atoms with Crippen LogP contribution in [0.15, 0.2) is 18.2 Å². The molecule has 3 rings (SSSR count). The van der Waals surface area contributed by atoms with Gasteiger partial charge in [0.25, 0.3) is 0 Å². The Morgan fingerprint density at radius 1 is 1.11 bits per heavy atom. The van der Waals surface area contributed by atoms with E-state index < -0.39 is 0 Å². The van der Waals surface area contributed by atoms with Crippen LogP contribution in [0.25, 0.3) is 10.2 Å². The first-order chi connectivity index (χ1) is 8.30. The lowest BCUT2D eigenvalue weighted by Gasteiger charge is -2.32. The number of aryl methyl sites for hydroxylation is 1. The molecule has 3 nitrogen and oxygen atoms in total. The number of fused-ring (bicyclic) bond motifs is 1. The monoisotopic (exact) mass is 263 g/mol. The van der Waals surface area contributed by atoms with Crippen LogP contribution >= 0.6 is 11.5 Å². The minimum absolute atomic E-state index is 0.265. The Kier molecular flexibility index (Phi) is 2.47. The second-order valence-corrected chi connectivity index (χ2v) is 7.07. The molecule has 96 valence electrons. The molecule has 0 N–H and O–H groups in total. The molecule has 5 heteroatoms. The zero-order chi connectivity index (χ0) is 13.1. The van der Waals surface area contributed by atoms with Crippen LogP contribution in [0.5, 0.6) is 0 Å². The predicted molar refractivity (Wildman–Crippen MR) is 76.5 cm³/mol. The molecule has 2 aromatic rings. The van der Waals surface area contributed by atoms with E-state index in [1.165, 1.54) is 10.2 Å². The minimum Gasteiger partial charge on any atom is -0.399 e. The summed E-state index contributed by atoms with van der Waals surface area (Å²) in [6.07, 6.45) is 0. The first-order valence-electron chi connectivity index (χ1n) is 6.21. The van der Waals surface area contributed by atoms with Crippen LogP contribution in [0, 0.1) is 0 Å². The van der Waals surface area contributed by atoms with E-state index in [2.05, 4.69) is 56.9 Å². The molecular weight excluding hydrogens is 245 g/mol. The Morgan fingerprint density at radius 2 is 1.72 bits per heavy atom. The number of hydrogen-bond donors (Lipinski definition) is 0. The van der Waals surface area contributed by atoms with E-state index in [1.54, 1.807) is 11.5 Å². The van der Waals surface area contributed by atoms with E-state index >= 15 is 0 Å². The van der Waals surface area contributed by atoms with Gasteiger partial charge in [-0.15, -0.1) is 0 Å². The van der Waals surface area contributed by atoms with Gasteiger partial charge < -0.3 is 9.31 Å². The van der Waals surface area contributed by atoms with Crippen molar-refractivity contribution in [2.75, 3.05) is 0 Å². The van der Waals surface area contributed by atoms with Gasteiger partial charge >= 0.3 is 7.12 Å². The van der Waals surface area contributed by atoms with Gasteiger partial charge in [0.05, 0.1) is 21.4 Å². The summed E-state index contributed by atoms with van der Waals surface area (Å²) < 4.78 is 15.6. The number of hydrogen-bond acceptors (Lipinski definition) is 3. The van der Waals surface area contributed by atoms with Gasteiger partial charge in [-0.1, -0.05) is 17.6 Å². The number of benzene rings is 1. The lowest BCUT2D eigenvalue weighted by molar-refractivity contribution is 0.00578. The van der Waals surface area contributed by atoms with Crippen LogP contribution in [0.4, 0.5) is 0 Å². The van der Waals surface area contributed by atoms with Gasteiger partial charge in [0.1, 0.15) is 0 Å². The van der Waals surface area contributed by atoms with Crippen LogP contribution in [0.2, 0.25) is 0 Å². The van der Waals surface area contributed by atoms with Crippen molar-refractivity contribution in [3.05, 3.63) is 18.2 Å². The lowest BCUT2D eigenvalue weighted by Crippen LogP contribution is -2.41. The van der Waals surface area contributed by atoms with Crippen molar-refractivity contribution in [3.8, 4) is 0 Å². The van der Waals surface area contributed by atoms with Gasteiger partial charge in [0.2, 0.25) is 0 Å². The molecule has 0 bridgehead atoms. The number of nitrogens with zero attached hydrogens (tertiary/aromatic N) is 1. The van der Waals surface area contributed by atoms with E-state index in [4.69, 9.17) is 9.31 Å². The standard InChI is InChI=1S/C13H18BNO2S/c1-12(2)13(3,4)17-14(16-12)9-6-7-11-10(8-9)15(5)18-11/h6-8H,1-5H3. The summed E-state index contributed by atoms with van der Waals surface area (Å²) in [6.45, 7) is 8.32. The van der Waals surface area contributed by atoms with Crippen LogP contribution in [-0.4, -0.2) is 22.3 Å². The first-order valence-corrected chi connectivity index (χ1v) is 6.99. The largest absolute Gasteiger partial charge is 0.494 e. The molecule has 1 aliphatic rings. The Balaban J connectivity index is 1.95. The normalized spacial score (nSPS) is 21.9. The highest BCUT2D eigenvalue weighted by molar-refractivity contribution is 7.16. The Hall–Kier alpha value is -0.775. The molecule has 1 aromatic heterocycles.